The minimum Gasteiger partial charge on any atom is -0.298 e. The van der Waals surface area contributed by atoms with Crippen molar-refractivity contribution < 1.29 is 14.5 Å². The average molecular weight is 382 g/mol. The molecule has 4 aliphatic rings. The van der Waals surface area contributed by atoms with Gasteiger partial charge >= 0.3 is 0 Å². The summed E-state index contributed by atoms with van der Waals surface area (Å²) in [5.41, 5.74) is 7.31. The minimum atomic E-state index is -0.237. The molecular weight excluding hydrogens is 364 g/mol. The van der Waals surface area contributed by atoms with Crippen LogP contribution < -0.4 is 10.8 Å². The van der Waals surface area contributed by atoms with E-state index in [1.54, 1.807) is 11.9 Å². The molecule has 138 valence electrons. The van der Waals surface area contributed by atoms with Crippen molar-refractivity contribution in [3.8, 4) is 0 Å². The first-order valence-corrected chi connectivity index (χ1v) is 9.71. The van der Waals surface area contributed by atoms with Crippen LogP contribution in [0.3, 0.4) is 0 Å². The van der Waals surface area contributed by atoms with Crippen LogP contribution in [-0.4, -0.2) is 27.9 Å². The number of hydroxylamine groups is 1. The second-order valence-corrected chi connectivity index (χ2v) is 8.18. The standard InChI is InChI=1S/C19H18N4O3S/c24-17-7-6-14(19(25)20-17)11-4-5-12-9-23(10-13(12)8-11)27-16-3-1-2-15-18(16)22-26-21-15/h1-5,8,14,18,22H,6-7,9-10H2,(H,20,24,25). The number of carbonyl (C=O) groups is 2. The van der Waals surface area contributed by atoms with Crippen molar-refractivity contribution >= 4 is 29.5 Å². The first kappa shape index (κ1) is 16.7. The number of rotatable bonds is 3. The molecule has 0 radical (unpaired) electrons. The molecule has 0 spiro atoms. The molecule has 8 heteroatoms. The van der Waals surface area contributed by atoms with Crippen LogP contribution in [0.4, 0.5) is 0 Å². The summed E-state index contributed by atoms with van der Waals surface area (Å²) in [5, 5.41) is 6.43. The molecule has 2 amide bonds. The number of amides is 2. The number of allylic oxidation sites excluding steroid dienone is 2. The molecule has 5 rings (SSSR count). The second-order valence-electron chi connectivity index (χ2n) is 7.01. The van der Waals surface area contributed by atoms with Crippen LogP contribution in [0.1, 0.15) is 35.4 Å². The van der Waals surface area contributed by atoms with E-state index in [2.05, 4.69) is 38.5 Å². The molecule has 3 aliphatic heterocycles. The van der Waals surface area contributed by atoms with Gasteiger partial charge in [-0.05, 0) is 47.2 Å². The van der Waals surface area contributed by atoms with Crippen molar-refractivity contribution in [1.82, 2.24) is 15.1 Å². The summed E-state index contributed by atoms with van der Waals surface area (Å²) in [6.07, 6.45) is 6.99. The molecular formula is C19H18N4O3S. The molecule has 7 nitrogen and oxygen atoms in total. The Morgan fingerprint density at radius 2 is 2.11 bits per heavy atom. The van der Waals surface area contributed by atoms with E-state index in [1.165, 1.54) is 11.1 Å². The molecule has 1 aromatic rings. The molecule has 2 atom stereocenters. The first-order valence-electron chi connectivity index (χ1n) is 8.93. The molecule has 1 aromatic carbocycles. The van der Waals surface area contributed by atoms with Crippen LogP contribution in [0.5, 0.6) is 0 Å². The van der Waals surface area contributed by atoms with Crippen molar-refractivity contribution in [3.05, 3.63) is 58.0 Å². The maximum absolute atomic E-state index is 12.1. The third-order valence-electron chi connectivity index (χ3n) is 5.23. The van der Waals surface area contributed by atoms with Gasteiger partial charge in [-0.25, -0.2) is 4.31 Å². The predicted molar refractivity (Wildman–Crippen MR) is 101 cm³/mol. The Balaban J connectivity index is 1.30. The van der Waals surface area contributed by atoms with Crippen LogP contribution in [0, 0.1) is 0 Å². The van der Waals surface area contributed by atoms with Gasteiger partial charge in [0.25, 0.3) is 0 Å². The summed E-state index contributed by atoms with van der Waals surface area (Å²) < 4.78 is 2.29. The normalized spacial score (nSPS) is 26.8. The van der Waals surface area contributed by atoms with Gasteiger partial charge in [-0.1, -0.05) is 29.4 Å². The van der Waals surface area contributed by atoms with Gasteiger partial charge in [0.1, 0.15) is 11.8 Å². The molecule has 27 heavy (non-hydrogen) atoms. The number of nitrogens with zero attached hydrogens (tertiary/aromatic N) is 2. The molecule has 0 bridgehead atoms. The van der Waals surface area contributed by atoms with E-state index < -0.39 is 0 Å². The van der Waals surface area contributed by atoms with Crippen molar-refractivity contribution in [3.63, 3.8) is 0 Å². The predicted octanol–water partition coefficient (Wildman–Crippen LogP) is 1.88. The summed E-state index contributed by atoms with van der Waals surface area (Å²) in [6, 6.07) is 6.23. The molecule has 0 aromatic heterocycles. The van der Waals surface area contributed by atoms with E-state index in [0.29, 0.717) is 12.8 Å². The summed E-state index contributed by atoms with van der Waals surface area (Å²) >= 11 is 1.70. The van der Waals surface area contributed by atoms with E-state index >= 15 is 0 Å². The van der Waals surface area contributed by atoms with Gasteiger partial charge in [0.15, 0.2) is 0 Å². The number of hydrogen-bond acceptors (Lipinski definition) is 7. The number of oxime groups is 1. The monoisotopic (exact) mass is 382 g/mol. The Morgan fingerprint density at radius 1 is 1.22 bits per heavy atom. The fourth-order valence-electron chi connectivity index (χ4n) is 3.82. The topological polar surface area (TPSA) is 83.0 Å². The van der Waals surface area contributed by atoms with Gasteiger partial charge < -0.3 is 0 Å². The van der Waals surface area contributed by atoms with Gasteiger partial charge in [-0.15, -0.1) is 5.48 Å². The van der Waals surface area contributed by atoms with Crippen LogP contribution >= 0.6 is 11.9 Å². The zero-order valence-corrected chi connectivity index (χ0v) is 15.3. The first-order chi connectivity index (χ1) is 13.2. The third-order valence-corrected chi connectivity index (χ3v) is 6.33. The van der Waals surface area contributed by atoms with E-state index in [0.717, 1.165) is 29.3 Å². The minimum absolute atomic E-state index is 0.0113. The Labute approximate surface area is 160 Å². The number of piperidine rings is 1. The van der Waals surface area contributed by atoms with E-state index in [-0.39, 0.29) is 23.8 Å². The number of hydrogen-bond donors (Lipinski definition) is 2. The maximum atomic E-state index is 12.1. The van der Waals surface area contributed by atoms with Crippen LogP contribution in [-0.2, 0) is 27.6 Å². The molecule has 0 saturated carbocycles. The average Bonchev–Trinajstić information content (AvgIpc) is 3.27. The van der Waals surface area contributed by atoms with Gasteiger partial charge in [-0.2, -0.15) is 0 Å². The Bertz CT molecular complexity index is 924. The van der Waals surface area contributed by atoms with E-state index in [4.69, 9.17) is 4.94 Å². The highest BCUT2D eigenvalue weighted by molar-refractivity contribution is 8.00. The van der Waals surface area contributed by atoms with E-state index in [9.17, 15) is 9.59 Å². The highest BCUT2D eigenvalue weighted by atomic mass is 32.2. The lowest BCUT2D eigenvalue weighted by Gasteiger charge is -2.21. The molecule has 1 aliphatic carbocycles. The number of imide groups is 1. The van der Waals surface area contributed by atoms with Gasteiger partial charge in [0, 0.05) is 24.4 Å². The lowest BCUT2D eigenvalue weighted by molar-refractivity contribution is -0.134. The molecule has 3 heterocycles. The van der Waals surface area contributed by atoms with Gasteiger partial charge in [0.05, 0.1) is 5.92 Å². The van der Waals surface area contributed by atoms with Crippen LogP contribution in [0.2, 0.25) is 0 Å². The summed E-state index contributed by atoms with van der Waals surface area (Å²) in [5.74, 6) is -0.601. The maximum Gasteiger partial charge on any atom is 0.234 e. The fraction of sp³-hybridized carbons (Fsp3) is 0.316. The quantitative estimate of drug-likeness (QED) is 0.614. The molecule has 2 unspecified atom stereocenters. The molecule has 2 N–H and O–H groups in total. The highest BCUT2D eigenvalue weighted by Gasteiger charge is 2.32. The zero-order valence-electron chi connectivity index (χ0n) is 14.5. The number of fused-ring (bicyclic) bond motifs is 2. The smallest absolute Gasteiger partial charge is 0.234 e. The largest absolute Gasteiger partial charge is 0.298 e. The van der Waals surface area contributed by atoms with Crippen molar-refractivity contribution in [2.75, 3.05) is 0 Å². The summed E-state index contributed by atoms with van der Waals surface area (Å²) in [7, 11) is 0. The number of benzene rings is 1. The zero-order chi connectivity index (χ0) is 18.4. The summed E-state index contributed by atoms with van der Waals surface area (Å²) in [6.45, 7) is 1.65. The Kier molecular flexibility index (Phi) is 4.11. The SMILES string of the molecule is O=C1CCC(c2ccc3c(c2)CN(SC2=CC=CC4=NONC24)C3)C(=O)N1. The lowest BCUT2D eigenvalue weighted by atomic mass is 9.89. The van der Waals surface area contributed by atoms with Crippen molar-refractivity contribution in [1.29, 1.82) is 0 Å². The number of nitrogens with one attached hydrogen (secondary N) is 2. The van der Waals surface area contributed by atoms with Crippen molar-refractivity contribution in [2.45, 2.75) is 37.9 Å². The molecule has 1 saturated heterocycles. The van der Waals surface area contributed by atoms with Crippen LogP contribution in [0.15, 0.2) is 46.5 Å². The number of carbonyl (C=O) groups excluding carboxylic acids is 2. The van der Waals surface area contributed by atoms with E-state index in [1.807, 2.05) is 18.2 Å². The van der Waals surface area contributed by atoms with Gasteiger partial charge in [0.2, 0.25) is 11.8 Å². The third kappa shape index (κ3) is 3.09. The summed E-state index contributed by atoms with van der Waals surface area (Å²) in [4.78, 5) is 29.7. The Morgan fingerprint density at radius 3 is 3.00 bits per heavy atom. The fourth-order valence-corrected chi connectivity index (χ4v) is 4.94. The van der Waals surface area contributed by atoms with Crippen molar-refractivity contribution in [2.24, 2.45) is 5.16 Å². The van der Waals surface area contributed by atoms with Crippen LogP contribution in [0.25, 0.3) is 0 Å². The Hall–Kier alpha value is -2.42. The second kappa shape index (κ2) is 6.63. The lowest BCUT2D eigenvalue weighted by Crippen LogP contribution is -2.39. The molecule has 1 fully saturated rings. The highest BCUT2D eigenvalue weighted by Crippen LogP contribution is 2.37. The van der Waals surface area contributed by atoms with Gasteiger partial charge in [-0.3, -0.25) is 19.8 Å².